The molecule has 0 bridgehead atoms. The summed E-state index contributed by atoms with van der Waals surface area (Å²) in [6.07, 6.45) is 0.405. The topological polar surface area (TPSA) is 128 Å². The Bertz CT molecular complexity index is 1100. The number of carbonyl (C=O) groups is 4. The Morgan fingerprint density at radius 1 is 0.944 bits per heavy atom. The summed E-state index contributed by atoms with van der Waals surface area (Å²) < 4.78 is 0. The predicted molar refractivity (Wildman–Crippen MR) is 138 cm³/mol. The molecule has 2 aromatic rings. The highest BCUT2D eigenvalue weighted by molar-refractivity contribution is 6.12. The van der Waals surface area contributed by atoms with E-state index in [1.165, 1.54) is 4.90 Å². The molecule has 1 aliphatic rings. The number of nitrogens with zero attached hydrogens (tertiary/aromatic N) is 1. The average molecular weight is 495 g/mol. The van der Waals surface area contributed by atoms with E-state index in [1.54, 1.807) is 48.5 Å². The van der Waals surface area contributed by atoms with Crippen molar-refractivity contribution < 1.29 is 24.3 Å². The van der Waals surface area contributed by atoms with Crippen molar-refractivity contribution in [1.29, 1.82) is 0 Å². The van der Waals surface area contributed by atoms with Gasteiger partial charge in [0.25, 0.3) is 0 Å². The van der Waals surface area contributed by atoms with Gasteiger partial charge in [-0.1, -0.05) is 70.2 Å². The summed E-state index contributed by atoms with van der Waals surface area (Å²) in [5.41, 5.74) is 1.81. The van der Waals surface area contributed by atoms with Crippen LogP contribution in [0.5, 0.6) is 0 Å². The number of hydrogen-bond donors (Lipinski definition) is 4. The van der Waals surface area contributed by atoms with Gasteiger partial charge in [0.05, 0.1) is 11.4 Å². The van der Waals surface area contributed by atoms with E-state index in [2.05, 4.69) is 16.0 Å². The number of nitrogens with one attached hydrogen (secondary N) is 3. The second-order valence-corrected chi connectivity index (χ2v) is 9.79. The number of hydrogen-bond acceptors (Lipinski definition) is 4. The molecule has 0 saturated heterocycles. The van der Waals surface area contributed by atoms with Crippen LogP contribution in [-0.4, -0.2) is 47.0 Å². The number of urea groups is 1. The minimum atomic E-state index is -1.16. The van der Waals surface area contributed by atoms with Crippen LogP contribution >= 0.6 is 0 Å². The molecule has 1 heterocycles. The van der Waals surface area contributed by atoms with Crippen LogP contribution in [0, 0.1) is 11.8 Å². The molecule has 0 spiro atoms. The third-order valence-electron chi connectivity index (χ3n) is 6.04. The number of anilines is 2. The molecule has 36 heavy (non-hydrogen) atoms. The first-order valence-electron chi connectivity index (χ1n) is 12.1. The average Bonchev–Trinajstić information content (AvgIpc) is 2.82. The number of carbonyl (C=O) groups excluding carboxylic acids is 3. The minimum Gasteiger partial charge on any atom is -0.480 e. The van der Waals surface area contributed by atoms with Gasteiger partial charge < -0.3 is 21.1 Å². The second-order valence-electron chi connectivity index (χ2n) is 9.79. The van der Waals surface area contributed by atoms with E-state index in [1.807, 2.05) is 33.8 Å². The second kappa shape index (κ2) is 11.7. The summed E-state index contributed by atoms with van der Waals surface area (Å²) in [5.74, 6) is -2.21. The molecule has 2 aromatic carbocycles. The van der Waals surface area contributed by atoms with E-state index in [0.29, 0.717) is 17.8 Å². The van der Waals surface area contributed by atoms with Crippen LogP contribution in [-0.2, 0) is 20.8 Å². The Hall–Kier alpha value is -3.88. The third kappa shape index (κ3) is 6.41. The Kier molecular flexibility index (Phi) is 8.68. The number of aliphatic carboxylic acids is 1. The van der Waals surface area contributed by atoms with Crippen molar-refractivity contribution >= 4 is 35.2 Å². The van der Waals surface area contributed by atoms with Gasteiger partial charge in [-0.25, -0.2) is 9.59 Å². The van der Waals surface area contributed by atoms with Gasteiger partial charge in [0.15, 0.2) is 0 Å². The van der Waals surface area contributed by atoms with Crippen molar-refractivity contribution in [2.45, 2.75) is 58.7 Å². The molecule has 3 atom stereocenters. The Morgan fingerprint density at radius 3 is 2.19 bits per heavy atom. The maximum Gasteiger partial charge on any atom is 0.326 e. The van der Waals surface area contributed by atoms with Crippen LogP contribution in [0.3, 0.4) is 0 Å². The van der Waals surface area contributed by atoms with Gasteiger partial charge in [-0.2, -0.15) is 0 Å². The molecule has 1 aliphatic heterocycles. The van der Waals surface area contributed by atoms with E-state index in [0.717, 1.165) is 5.56 Å². The normalized spacial score (nSPS) is 16.7. The number of rotatable bonds is 9. The fourth-order valence-electron chi connectivity index (χ4n) is 4.34. The molecule has 0 fully saturated rings. The van der Waals surface area contributed by atoms with Gasteiger partial charge in [0.1, 0.15) is 18.1 Å². The summed E-state index contributed by atoms with van der Waals surface area (Å²) in [4.78, 5) is 52.9. The van der Waals surface area contributed by atoms with Gasteiger partial charge in [0, 0.05) is 6.42 Å². The van der Waals surface area contributed by atoms with Gasteiger partial charge >= 0.3 is 12.0 Å². The van der Waals surface area contributed by atoms with E-state index in [9.17, 15) is 24.3 Å². The molecule has 0 aliphatic carbocycles. The van der Waals surface area contributed by atoms with E-state index < -0.39 is 36.0 Å². The number of carboxylic acid groups (broad SMARTS) is 1. The molecule has 0 aromatic heterocycles. The van der Waals surface area contributed by atoms with Crippen LogP contribution in [0.1, 0.15) is 39.7 Å². The molecule has 9 nitrogen and oxygen atoms in total. The van der Waals surface area contributed by atoms with Crippen LogP contribution in [0.15, 0.2) is 54.6 Å². The van der Waals surface area contributed by atoms with E-state index in [4.69, 9.17) is 0 Å². The maximum absolute atomic E-state index is 13.6. The minimum absolute atomic E-state index is 0.0382. The number of para-hydroxylation sites is 2. The fourth-order valence-corrected chi connectivity index (χ4v) is 4.34. The highest BCUT2D eigenvalue weighted by Crippen LogP contribution is 2.34. The first-order chi connectivity index (χ1) is 17.1. The summed E-state index contributed by atoms with van der Waals surface area (Å²) in [6, 6.07) is 12.5. The lowest BCUT2D eigenvalue weighted by Gasteiger charge is -2.39. The van der Waals surface area contributed by atoms with Crippen LogP contribution < -0.4 is 20.9 Å². The number of carboxylic acids is 1. The van der Waals surface area contributed by atoms with Crippen molar-refractivity contribution in [3.8, 4) is 0 Å². The van der Waals surface area contributed by atoms with Gasteiger partial charge in [-0.3, -0.25) is 14.5 Å². The summed E-state index contributed by atoms with van der Waals surface area (Å²) in [5, 5.41) is 17.9. The van der Waals surface area contributed by atoms with Crippen molar-refractivity contribution in [3.63, 3.8) is 0 Å². The lowest BCUT2D eigenvalue weighted by Crippen LogP contribution is -2.60. The SMILES string of the molecule is CC(C)C[C@H](NC(=O)N1c2ccccc2NC(=O)[C@@H]1C(C)C)C(=O)N[C@H](Cc1ccccc1)C(=O)O. The fraction of sp³-hybridized carbons (Fsp3) is 0.407. The molecule has 4 N–H and O–H groups in total. The quantitative estimate of drug-likeness (QED) is 0.425. The van der Waals surface area contributed by atoms with E-state index >= 15 is 0 Å². The zero-order valence-electron chi connectivity index (χ0n) is 21.0. The molecule has 192 valence electrons. The monoisotopic (exact) mass is 494 g/mol. The van der Waals surface area contributed by atoms with Gasteiger partial charge in [-0.15, -0.1) is 0 Å². The molecule has 3 rings (SSSR count). The van der Waals surface area contributed by atoms with Crippen molar-refractivity contribution in [2.75, 3.05) is 10.2 Å². The first-order valence-corrected chi connectivity index (χ1v) is 12.1. The first kappa shape index (κ1) is 26.7. The molecule has 4 amide bonds. The number of fused-ring (bicyclic) bond motifs is 1. The molecule has 0 radical (unpaired) electrons. The van der Waals surface area contributed by atoms with Crippen molar-refractivity contribution in [1.82, 2.24) is 10.6 Å². The molecule has 0 saturated carbocycles. The Labute approximate surface area is 211 Å². The van der Waals surface area contributed by atoms with Gasteiger partial charge in [-0.05, 0) is 36.0 Å². The van der Waals surface area contributed by atoms with Crippen LogP contribution in [0.4, 0.5) is 16.2 Å². The van der Waals surface area contributed by atoms with Crippen LogP contribution in [0.2, 0.25) is 0 Å². The zero-order valence-corrected chi connectivity index (χ0v) is 21.0. The molecular weight excluding hydrogens is 460 g/mol. The summed E-state index contributed by atoms with van der Waals surface area (Å²) >= 11 is 0. The number of benzene rings is 2. The third-order valence-corrected chi connectivity index (χ3v) is 6.04. The maximum atomic E-state index is 13.6. The predicted octanol–water partition coefficient (Wildman–Crippen LogP) is 3.41. The number of amides is 4. The van der Waals surface area contributed by atoms with Crippen molar-refractivity contribution in [3.05, 3.63) is 60.2 Å². The van der Waals surface area contributed by atoms with Gasteiger partial charge in [0.2, 0.25) is 11.8 Å². The molecular formula is C27H34N4O5. The Balaban J connectivity index is 1.84. The van der Waals surface area contributed by atoms with E-state index in [-0.39, 0.29) is 24.2 Å². The lowest BCUT2D eigenvalue weighted by atomic mass is 9.97. The molecule has 9 heteroatoms. The summed E-state index contributed by atoms with van der Waals surface area (Å²) in [6.45, 7) is 7.51. The van der Waals surface area contributed by atoms with Crippen molar-refractivity contribution in [2.24, 2.45) is 11.8 Å². The smallest absolute Gasteiger partial charge is 0.326 e. The largest absolute Gasteiger partial charge is 0.480 e. The highest BCUT2D eigenvalue weighted by Gasteiger charge is 2.40. The lowest BCUT2D eigenvalue weighted by molar-refractivity contribution is -0.142. The summed E-state index contributed by atoms with van der Waals surface area (Å²) in [7, 11) is 0. The standard InChI is InChI=1S/C27H34N4O5/c1-16(2)14-20(24(32)29-21(26(34)35)15-18-10-6-5-7-11-18)30-27(36)31-22-13-9-8-12-19(22)28-25(33)23(31)17(3)4/h5-13,16-17,20-21,23H,14-15H2,1-4H3,(H,28,33)(H,29,32)(H,30,36)(H,34,35)/t20-,21+,23-/m0/s1. The zero-order chi connectivity index (χ0) is 26.4. The van der Waals surface area contributed by atoms with Crippen LogP contribution in [0.25, 0.3) is 0 Å². The highest BCUT2D eigenvalue weighted by atomic mass is 16.4. The Morgan fingerprint density at radius 2 is 1.58 bits per heavy atom. The molecule has 0 unspecified atom stereocenters.